The average molecular weight is 636 g/mol. The number of hydrogen-bond donors (Lipinski definition) is 0. The van der Waals surface area contributed by atoms with Gasteiger partial charge in [-0.05, 0) is 91.0 Å². The van der Waals surface area contributed by atoms with Crippen LogP contribution in [0.3, 0.4) is 0 Å². The van der Waals surface area contributed by atoms with Gasteiger partial charge in [0.05, 0.1) is 23.0 Å². The number of nitrogens with zero attached hydrogens (tertiary/aromatic N) is 3. The van der Waals surface area contributed by atoms with E-state index in [0.29, 0.717) is 11.4 Å². The van der Waals surface area contributed by atoms with Crippen LogP contribution in [0, 0.1) is 11.3 Å². The Morgan fingerprint density at radius 1 is 0.320 bits per heavy atom. The van der Waals surface area contributed by atoms with Crippen LogP contribution in [-0.2, 0) is 0 Å². The molecule has 0 bridgehead atoms. The summed E-state index contributed by atoms with van der Waals surface area (Å²) in [5.74, 6) is 0.659. The molecule has 232 valence electrons. The standard InChI is InChI=1S/C47H29N3/c48-30-31-20-22-32(23-21-31)45-29-46(50-47(49-45)33-10-2-1-3-11-33)38-15-9-14-36(27-38)34-12-8-13-35(26-34)37-24-25-43-41-18-5-4-16-39(41)40-17-6-7-19-42(40)44(43)28-37/h1-29H. The third-order valence-corrected chi connectivity index (χ3v) is 9.50. The van der Waals surface area contributed by atoms with E-state index in [1.54, 1.807) is 0 Å². The second-order valence-corrected chi connectivity index (χ2v) is 12.5. The van der Waals surface area contributed by atoms with Crippen LogP contribution >= 0.6 is 0 Å². The minimum atomic E-state index is 0.617. The van der Waals surface area contributed by atoms with E-state index in [1.807, 2.05) is 60.7 Å². The largest absolute Gasteiger partial charge is 0.228 e. The van der Waals surface area contributed by atoms with Gasteiger partial charge in [0.1, 0.15) is 0 Å². The molecule has 0 amide bonds. The zero-order valence-corrected chi connectivity index (χ0v) is 27.1. The van der Waals surface area contributed by atoms with Crippen LogP contribution in [0.4, 0.5) is 0 Å². The van der Waals surface area contributed by atoms with Crippen molar-refractivity contribution in [1.29, 1.82) is 5.26 Å². The predicted octanol–water partition coefficient (Wildman–Crippen LogP) is 12.1. The van der Waals surface area contributed by atoms with Crippen LogP contribution in [0.1, 0.15) is 5.56 Å². The molecule has 0 unspecified atom stereocenters. The highest BCUT2D eigenvalue weighted by molar-refractivity contribution is 6.25. The lowest BCUT2D eigenvalue weighted by atomic mass is 9.91. The lowest BCUT2D eigenvalue weighted by Gasteiger charge is -2.13. The summed E-state index contributed by atoms with van der Waals surface area (Å²) in [5.41, 5.74) is 9.76. The lowest BCUT2D eigenvalue weighted by molar-refractivity contribution is 1.18. The van der Waals surface area contributed by atoms with E-state index in [2.05, 4.69) is 121 Å². The van der Waals surface area contributed by atoms with Crippen LogP contribution in [0.2, 0.25) is 0 Å². The van der Waals surface area contributed by atoms with E-state index >= 15 is 0 Å². The first-order valence-electron chi connectivity index (χ1n) is 16.7. The van der Waals surface area contributed by atoms with Crippen LogP contribution in [0.5, 0.6) is 0 Å². The molecule has 0 N–H and O–H groups in total. The lowest BCUT2D eigenvalue weighted by Crippen LogP contribution is -1.96. The Balaban J connectivity index is 1.13. The SMILES string of the molecule is N#Cc1ccc(-c2cc(-c3cccc(-c4cccc(-c5ccc6c7ccccc7c7ccccc7c6c5)c4)c3)nc(-c3ccccc3)n2)cc1. The fraction of sp³-hybridized carbons (Fsp3) is 0. The monoisotopic (exact) mass is 635 g/mol. The van der Waals surface area contributed by atoms with Crippen molar-refractivity contribution < 1.29 is 0 Å². The molecule has 0 aliphatic carbocycles. The summed E-state index contributed by atoms with van der Waals surface area (Å²) in [4.78, 5) is 9.99. The highest BCUT2D eigenvalue weighted by atomic mass is 14.9. The van der Waals surface area contributed by atoms with Gasteiger partial charge in [-0.25, -0.2) is 9.97 Å². The van der Waals surface area contributed by atoms with Crippen molar-refractivity contribution in [3.05, 3.63) is 181 Å². The van der Waals surface area contributed by atoms with Gasteiger partial charge in [0.25, 0.3) is 0 Å². The van der Waals surface area contributed by atoms with Crippen molar-refractivity contribution in [3.63, 3.8) is 0 Å². The molecule has 0 aliphatic heterocycles. The Kier molecular flexibility index (Phi) is 7.19. The number of benzene rings is 8. The second kappa shape index (κ2) is 12.3. The molecule has 1 heterocycles. The molecule has 9 rings (SSSR count). The first-order valence-corrected chi connectivity index (χ1v) is 16.7. The van der Waals surface area contributed by atoms with Crippen molar-refractivity contribution in [2.45, 2.75) is 0 Å². The van der Waals surface area contributed by atoms with Gasteiger partial charge in [0, 0.05) is 16.7 Å². The molecule has 0 fully saturated rings. The van der Waals surface area contributed by atoms with Gasteiger partial charge in [0.15, 0.2) is 5.82 Å². The molecule has 1 aromatic heterocycles. The summed E-state index contributed by atoms with van der Waals surface area (Å²) in [6, 6.07) is 63.5. The topological polar surface area (TPSA) is 49.6 Å². The quantitative estimate of drug-likeness (QED) is 0.177. The number of rotatable bonds is 5. The van der Waals surface area contributed by atoms with E-state index in [-0.39, 0.29) is 0 Å². The summed E-state index contributed by atoms with van der Waals surface area (Å²) in [7, 11) is 0. The van der Waals surface area contributed by atoms with E-state index in [0.717, 1.165) is 39.2 Å². The first kappa shape index (κ1) is 29.3. The second-order valence-electron chi connectivity index (χ2n) is 12.5. The molecule has 3 heteroatoms. The van der Waals surface area contributed by atoms with Crippen LogP contribution in [-0.4, -0.2) is 9.97 Å². The summed E-state index contributed by atoms with van der Waals surface area (Å²) >= 11 is 0. The highest BCUT2D eigenvalue weighted by Crippen LogP contribution is 2.38. The van der Waals surface area contributed by atoms with Gasteiger partial charge >= 0.3 is 0 Å². The van der Waals surface area contributed by atoms with Crippen molar-refractivity contribution in [1.82, 2.24) is 9.97 Å². The Morgan fingerprint density at radius 2 is 0.760 bits per heavy atom. The molecule has 0 radical (unpaired) electrons. The number of nitriles is 1. The van der Waals surface area contributed by atoms with E-state index in [1.165, 1.54) is 43.4 Å². The first-order chi connectivity index (χ1) is 24.7. The smallest absolute Gasteiger partial charge is 0.160 e. The molecule has 0 saturated heterocycles. The zero-order chi connectivity index (χ0) is 33.4. The van der Waals surface area contributed by atoms with E-state index < -0.39 is 0 Å². The van der Waals surface area contributed by atoms with Crippen LogP contribution < -0.4 is 0 Å². The van der Waals surface area contributed by atoms with Crippen LogP contribution in [0.15, 0.2) is 176 Å². The summed E-state index contributed by atoms with van der Waals surface area (Å²) < 4.78 is 0. The van der Waals surface area contributed by atoms with Crippen LogP contribution in [0.25, 0.3) is 88.5 Å². The molecule has 3 nitrogen and oxygen atoms in total. The minimum absolute atomic E-state index is 0.617. The number of aromatic nitrogens is 2. The minimum Gasteiger partial charge on any atom is -0.228 e. The van der Waals surface area contributed by atoms with Gasteiger partial charge in [-0.15, -0.1) is 0 Å². The molecule has 9 aromatic rings. The third kappa shape index (κ3) is 5.26. The maximum atomic E-state index is 9.33. The average Bonchev–Trinajstić information content (AvgIpc) is 3.21. The van der Waals surface area contributed by atoms with Gasteiger partial charge in [-0.3, -0.25) is 0 Å². The molecule has 0 saturated carbocycles. The molecule has 8 aromatic carbocycles. The molecular weight excluding hydrogens is 607 g/mol. The summed E-state index contributed by atoms with van der Waals surface area (Å²) in [5, 5.41) is 17.0. The van der Waals surface area contributed by atoms with E-state index in [9.17, 15) is 5.26 Å². The molecule has 0 spiro atoms. The van der Waals surface area contributed by atoms with Gasteiger partial charge < -0.3 is 0 Å². The Bertz CT molecular complexity index is 2720. The van der Waals surface area contributed by atoms with E-state index in [4.69, 9.17) is 9.97 Å². The molecule has 50 heavy (non-hydrogen) atoms. The van der Waals surface area contributed by atoms with Crippen molar-refractivity contribution in [2.24, 2.45) is 0 Å². The maximum Gasteiger partial charge on any atom is 0.160 e. The Morgan fingerprint density at radius 3 is 1.36 bits per heavy atom. The van der Waals surface area contributed by atoms with Crippen molar-refractivity contribution >= 4 is 32.3 Å². The molecule has 0 atom stereocenters. The van der Waals surface area contributed by atoms with Gasteiger partial charge in [0.2, 0.25) is 0 Å². The fourth-order valence-corrected chi connectivity index (χ4v) is 7.00. The van der Waals surface area contributed by atoms with Crippen molar-refractivity contribution in [2.75, 3.05) is 0 Å². The summed E-state index contributed by atoms with van der Waals surface area (Å²) in [6.07, 6.45) is 0. The fourth-order valence-electron chi connectivity index (χ4n) is 7.00. The molecule has 0 aliphatic rings. The third-order valence-electron chi connectivity index (χ3n) is 9.50. The van der Waals surface area contributed by atoms with Crippen molar-refractivity contribution in [3.8, 4) is 62.2 Å². The van der Waals surface area contributed by atoms with Gasteiger partial charge in [-0.1, -0.05) is 140 Å². The summed E-state index contributed by atoms with van der Waals surface area (Å²) in [6.45, 7) is 0. The molecular formula is C47H29N3. The highest BCUT2D eigenvalue weighted by Gasteiger charge is 2.13. The Hall–Kier alpha value is -6.89. The van der Waals surface area contributed by atoms with Gasteiger partial charge in [-0.2, -0.15) is 5.26 Å². The Labute approximate surface area is 290 Å². The number of fused-ring (bicyclic) bond motifs is 6. The number of hydrogen-bond acceptors (Lipinski definition) is 3. The zero-order valence-electron chi connectivity index (χ0n) is 27.1. The maximum absolute atomic E-state index is 9.33. The predicted molar refractivity (Wildman–Crippen MR) is 206 cm³/mol. The normalized spacial score (nSPS) is 11.2.